The molecule has 0 aromatic carbocycles. The molecule has 0 aromatic rings. The maximum absolute atomic E-state index is 12.9. The summed E-state index contributed by atoms with van der Waals surface area (Å²) < 4.78 is 0. The molecule has 3 aliphatic rings. The molecule has 3 rings (SSSR count). The van der Waals surface area contributed by atoms with Crippen LogP contribution in [0.1, 0.15) is 39.0 Å². The summed E-state index contributed by atoms with van der Waals surface area (Å²) in [4.78, 5) is 15.0. The van der Waals surface area contributed by atoms with E-state index in [4.69, 9.17) is 0 Å². The second-order valence-corrected chi connectivity index (χ2v) is 6.51. The highest BCUT2D eigenvalue weighted by Gasteiger charge is 2.42. The van der Waals surface area contributed by atoms with Gasteiger partial charge in [0, 0.05) is 13.1 Å². The van der Waals surface area contributed by atoms with Gasteiger partial charge in [0.15, 0.2) is 0 Å². The lowest BCUT2D eigenvalue weighted by Gasteiger charge is -2.33. The highest BCUT2D eigenvalue weighted by Crippen LogP contribution is 2.30. The Morgan fingerprint density at radius 2 is 1.95 bits per heavy atom. The lowest BCUT2D eigenvalue weighted by molar-refractivity contribution is -0.138. The topological polar surface area (TPSA) is 44.4 Å². The Bertz CT molecular complexity index is 324. The zero-order chi connectivity index (χ0) is 13.3. The molecule has 0 bridgehead atoms. The van der Waals surface area contributed by atoms with Crippen LogP contribution in [0.3, 0.4) is 0 Å². The van der Waals surface area contributed by atoms with Crippen LogP contribution in [0, 0.1) is 11.8 Å². The van der Waals surface area contributed by atoms with Gasteiger partial charge in [0.2, 0.25) is 5.91 Å². The summed E-state index contributed by atoms with van der Waals surface area (Å²) in [6.07, 6.45) is 5.46. The molecule has 3 heterocycles. The maximum Gasteiger partial charge on any atom is 0.242 e. The fraction of sp³-hybridized carbons (Fsp3) is 0.933. The molecule has 3 atom stereocenters. The smallest absolute Gasteiger partial charge is 0.242 e. The van der Waals surface area contributed by atoms with E-state index in [9.17, 15) is 4.79 Å². The van der Waals surface area contributed by atoms with Gasteiger partial charge in [-0.2, -0.15) is 0 Å². The molecule has 0 spiro atoms. The van der Waals surface area contributed by atoms with Crippen molar-refractivity contribution in [1.29, 1.82) is 0 Å². The first-order valence-corrected chi connectivity index (χ1v) is 8.00. The van der Waals surface area contributed by atoms with E-state index >= 15 is 0 Å². The molecule has 4 nitrogen and oxygen atoms in total. The fourth-order valence-corrected chi connectivity index (χ4v) is 4.17. The third-order valence-electron chi connectivity index (χ3n) is 5.56. The lowest BCUT2D eigenvalue weighted by Crippen LogP contribution is -2.54. The predicted octanol–water partition coefficient (Wildman–Crippen LogP) is 0.977. The van der Waals surface area contributed by atoms with Crippen LogP contribution < -0.4 is 10.6 Å². The van der Waals surface area contributed by atoms with Gasteiger partial charge in [-0.3, -0.25) is 4.79 Å². The Labute approximate surface area is 116 Å². The van der Waals surface area contributed by atoms with Crippen molar-refractivity contribution in [2.75, 3.05) is 32.7 Å². The quantitative estimate of drug-likeness (QED) is 0.782. The van der Waals surface area contributed by atoms with Crippen molar-refractivity contribution in [3.8, 4) is 0 Å². The van der Waals surface area contributed by atoms with Crippen molar-refractivity contribution in [1.82, 2.24) is 15.5 Å². The van der Waals surface area contributed by atoms with Crippen LogP contribution >= 0.6 is 0 Å². The largest absolute Gasteiger partial charge is 0.341 e. The van der Waals surface area contributed by atoms with E-state index in [1.54, 1.807) is 0 Å². The number of nitrogens with one attached hydrogen (secondary N) is 2. The van der Waals surface area contributed by atoms with Crippen molar-refractivity contribution < 1.29 is 4.79 Å². The number of amides is 1. The number of rotatable bonds is 2. The van der Waals surface area contributed by atoms with Gasteiger partial charge in [0.1, 0.15) is 0 Å². The van der Waals surface area contributed by atoms with Crippen molar-refractivity contribution >= 4 is 5.91 Å². The Kier molecular flexibility index (Phi) is 3.81. The van der Waals surface area contributed by atoms with Crippen LogP contribution in [0.5, 0.6) is 0 Å². The standard InChI is InChI=1S/C15H27N3O/c1-2-15(6-3-7-17-15)14(19)18-8-4-12-10-16-11-13(12)5-9-18/h12-13,16-17H,2-11H2,1H3/t12-,13+,15?. The summed E-state index contributed by atoms with van der Waals surface area (Å²) in [6, 6.07) is 0. The summed E-state index contributed by atoms with van der Waals surface area (Å²) in [5, 5.41) is 6.98. The summed E-state index contributed by atoms with van der Waals surface area (Å²) in [7, 11) is 0. The van der Waals surface area contributed by atoms with Crippen LogP contribution in [0.4, 0.5) is 0 Å². The summed E-state index contributed by atoms with van der Waals surface area (Å²) in [5.74, 6) is 1.97. The number of carbonyl (C=O) groups excluding carboxylic acids is 1. The van der Waals surface area contributed by atoms with Crippen molar-refractivity contribution in [2.45, 2.75) is 44.6 Å². The Morgan fingerprint density at radius 3 is 2.47 bits per heavy atom. The van der Waals surface area contributed by atoms with Gasteiger partial charge in [-0.05, 0) is 63.6 Å². The first-order valence-electron chi connectivity index (χ1n) is 8.00. The zero-order valence-corrected chi connectivity index (χ0v) is 12.1. The summed E-state index contributed by atoms with van der Waals surface area (Å²) in [5.41, 5.74) is -0.238. The number of nitrogens with zero attached hydrogens (tertiary/aromatic N) is 1. The van der Waals surface area contributed by atoms with E-state index in [2.05, 4.69) is 22.5 Å². The number of likely N-dealkylation sites (tertiary alicyclic amines) is 1. The molecule has 4 heteroatoms. The Morgan fingerprint density at radius 1 is 1.26 bits per heavy atom. The SMILES string of the molecule is CCC1(C(=O)N2CC[C@@H]3CNC[C@@H]3CC2)CCCN1. The molecule has 3 saturated heterocycles. The molecule has 0 saturated carbocycles. The molecule has 0 aromatic heterocycles. The highest BCUT2D eigenvalue weighted by molar-refractivity contribution is 5.86. The summed E-state index contributed by atoms with van der Waals surface area (Å²) in [6.45, 7) is 7.39. The van der Waals surface area contributed by atoms with Gasteiger partial charge in [-0.25, -0.2) is 0 Å². The molecule has 19 heavy (non-hydrogen) atoms. The minimum Gasteiger partial charge on any atom is -0.341 e. The number of fused-ring (bicyclic) bond motifs is 1. The molecule has 3 aliphatic heterocycles. The molecule has 2 N–H and O–H groups in total. The Hall–Kier alpha value is -0.610. The molecule has 0 radical (unpaired) electrons. The zero-order valence-electron chi connectivity index (χ0n) is 12.1. The highest BCUT2D eigenvalue weighted by atomic mass is 16.2. The second-order valence-electron chi connectivity index (χ2n) is 6.51. The maximum atomic E-state index is 12.9. The van der Waals surface area contributed by atoms with E-state index in [0.29, 0.717) is 5.91 Å². The van der Waals surface area contributed by atoms with Crippen molar-refractivity contribution in [3.63, 3.8) is 0 Å². The molecule has 1 unspecified atom stereocenters. The van der Waals surface area contributed by atoms with E-state index in [-0.39, 0.29) is 5.54 Å². The van der Waals surface area contributed by atoms with E-state index < -0.39 is 0 Å². The fourth-order valence-electron chi connectivity index (χ4n) is 4.17. The number of hydrogen-bond acceptors (Lipinski definition) is 3. The molecule has 1 amide bonds. The van der Waals surface area contributed by atoms with Gasteiger partial charge < -0.3 is 15.5 Å². The first-order chi connectivity index (χ1) is 9.25. The predicted molar refractivity (Wildman–Crippen MR) is 75.9 cm³/mol. The monoisotopic (exact) mass is 265 g/mol. The van der Waals surface area contributed by atoms with Crippen LogP contribution in [-0.4, -0.2) is 49.1 Å². The van der Waals surface area contributed by atoms with E-state index in [1.165, 1.54) is 12.8 Å². The molecule has 3 fully saturated rings. The van der Waals surface area contributed by atoms with Gasteiger partial charge in [0.25, 0.3) is 0 Å². The van der Waals surface area contributed by atoms with Crippen LogP contribution in [0.25, 0.3) is 0 Å². The minimum absolute atomic E-state index is 0.238. The average Bonchev–Trinajstić information content (AvgIpc) is 3.05. The van der Waals surface area contributed by atoms with E-state index in [1.807, 2.05) is 0 Å². The van der Waals surface area contributed by atoms with Crippen LogP contribution in [0.2, 0.25) is 0 Å². The van der Waals surface area contributed by atoms with Crippen molar-refractivity contribution in [2.24, 2.45) is 11.8 Å². The lowest BCUT2D eigenvalue weighted by atomic mass is 9.92. The third kappa shape index (κ3) is 2.40. The molecular formula is C15H27N3O. The van der Waals surface area contributed by atoms with E-state index in [0.717, 1.165) is 63.8 Å². The number of carbonyl (C=O) groups is 1. The van der Waals surface area contributed by atoms with Crippen molar-refractivity contribution in [3.05, 3.63) is 0 Å². The van der Waals surface area contributed by atoms with Gasteiger partial charge in [0.05, 0.1) is 5.54 Å². The minimum atomic E-state index is -0.238. The Balaban J connectivity index is 1.67. The molecule has 108 valence electrons. The van der Waals surface area contributed by atoms with Gasteiger partial charge in [-0.1, -0.05) is 6.92 Å². The molecular weight excluding hydrogens is 238 g/mol. The second kappa shape index (κ2) is 5.41. The average molecular weight is 265 g/mol. The van der Waals surface area contributed by atoms with Gasteiger partial charge >= 0.3 is 0 Å². The summed E-state index contributed by atoms with van der Waals surface area (Å²) >= 11 is 0. The third-order valence-corrected chi connectivity index (χ3v) is 5.56. The van der Waals surface area contributed by atoms with Crippen LogP contribution in [-0.2, 0) is 4.79 Å². The normalized spacial score (nSPS) is 39.1. The van der Waals surface area contributed by atoms with Crippen LogP contribution in [0.15, 0.2) is 0 Å². The first kappa shape index (κ1) is 13.4. The number of hydrogen-bond donors (Lipinski definition) is 2. The molecule has 0 aliphatic carbocycles. The van der Waals surface area contributed by atoms with Gasteiger partial charge in [-0.15, -0.1) is 0 Å².